The molecule has 1 aliphatic carbocycles. The number of aromatic nitrogens is 2. The number of H-pyrrole nitrogens is 1. The Bertz CT molecular complexity index is 821. The number of thiophene rings is 1. The minimum atomic E-state index is 0.0136. The van der Waals surface area contributed by atoms with Crippen LogP contribution in [0, 0.1) is 5.41 Å². The van der Waals surface area contributed by atoms with Crippen molar-refractivity contribution < 1.29 is 9.59 Å². The molecule has 1 aliphatic heterocycles. The van der Waals surface area contributed by atoms with Gasteiger partial charge >= 0.3 is 0 Å². The van der Waals surface area contributed by atoms with E-state index in [-0.39, 0.29) is 17.2 Å². The van der Waals surface area contributed by atoms with Crippen molar-refractivity contribution in [2.45, 2.75) is 52.1 Å². The molecule has 0 aromatic carbocycles. The molecule has 2 amide bonds. The smallest absolute Gasteiger partial charge is 0.274 e. The molecule has 4 rings (SSSR count). The topological polar surface area (TPSA) is 69.3 Å². The molecule has 7 heteroatoms. The number of amides is 2. The molecule has 0 unspecified atom stereocenters. The van der Waals surface area contributed by atoms with Gasteiger partial charge in [-0.15, -0.1) is 0 Å². The van der Waals surface area contributed by atoms with Crippen LogP contribution in [0.5, 0.6) is 0 Å². The van der Waals surface area contributed by atoms with Gasteiger partial charge in [0.15, 0.2) is 0 Å². The molecule has 2 aromatic heterocycles. The third kappa shape index (κ3) is 3.52. The van der Waals surface area contributed by atoms with Gasteiger partial charge in [-0.25, -0.2) is 0 Å². The van der Waals surface area contributed by atoms with Gasteiger partial charge in [0.25, 0.3) is 5.91 Å². The quantitative estimate of drug-likeness (QED) is 0.859. The number of carbonyl (C=O) groups excluding carboxylic acids is 2. The zero-order chi connectivity index (χ0) is 19.0. The molecule has 27 heavy (non-hydrogen) atoms. The fraction of sp³-hybridized carbons (Fsp3) is 0.550. The molecule has 1 saturated heterocycles. The largest absolute Gasteiger partial charge is 0.337 e. The van der Waals surface area contributed by atoms with Crippen molar-refractivity contribution in [3.63, 3.8) is 0 Å². The number of nitrogens with one attached hydrogen (secondary N) is 1. The zero-order valence-corrected chi connectivity index (χ0v) is 16.7. The Morgan fingerprint density at radius 1 is 1.41 bits per heavy atom. The molecule has 2 aromatic rings. The van der Waals surface area contributed by atoms with E-state index in [2.05, 4.69) is 27.0 Å². The zero-order valence-electron chi connectivity index (χ0n) is 15.9. The van der Waals surface area contributed by atoms with E-state index in [1.807, 2.05) is 22.8 Å². The molecule has 0 bridgehead atoms. The lowest BCUT2D eigenvalue weighted by molar-refractivity contribution is -0.130. The predicted octanol–water partition coefficient (Wildman–Crippen LogP) is 3.08. The fourth-order valence-corrected chi connectivity index (χ4v) is 4.95. The number of aromatic amines is 1. The summed E-state index contributed by atoms with van der Waals surface area (Å²) in [5, 5.41) is 11.2. The van der Waals surface area contributed by atoms with Crippen LogP contribution in [0.25, 0.3) is 0 Å². The lowest BCUT2D eigenvalue weighted by atomic mass is 9.92. The van der Waals surface area contributed by atoms with E-state index in [0.717, 1.165) is 44.5 Å². The van der Waals surface area contributed by atoms with Crippen molar-refractivity contribution in [1.82, 2.24) is 20.0 Å². The van der Waals surface area contributed by atoms with Gasteiger partial charge < -0.3 is 9.80 Å². The Morgan fingerprint density at radius 2 is 2.19 bits per heavy atom. The first kappa shape index (κ1) is 18.2. The van der Waals surface area contributed by atoms with Crippen LogP contribution < -0.4 is 0 Å². The summed E-state index contributed by atoms with van der Waals surface area (Å²) in [6.45, 7) is 5.89. The third-order valence-corrected chi connectivity index (χ3v) is 6.87. The standard InChI is InChI=1S/C20H26N4O2S/c1-3-16-10-17(22-21-16)19(26)23-7-5-20(6-8-23)11-18(20)24(14(2)25)12-15-4-9-27-13-15/h4,9-10,13,18H,3,5-8,11-12H2,1-2H3,(H,21,22)/t18-/m1/s1. The molecule has 3 heterocycles. The molecular formula is C20H26N4O2S. The van der Waals surface area contributed by atoms with Crippen molar-refractivity contribution in [3.8, 4) is 0 Å². The van der Waals surface area contributed by atoms with Gasteiger partial charge in [0.1, 0.15) is 5.69 Å². The van der Waals surface area contributed by atoms with Crippen molar-refractivity contribution in [2.24, 2.45) is 5.41 Å². The maximum atomic E-state index is 12.7. The Morgan fingerprint density at radius 3 is 2.78 bits per heavy atom. The van der Waals surface area contributed by atoms with Gasteiger partial charge in [0, 0.05) is 38.3 Å². The van der Waals surface area contributed by atoms with Crippen LogP contribution in [0.1, 0.15) is 54.9 Å². The van der Waals surface area contributed by atoms with E-state index in [1.165, 1.54) is 5.56 Å². The Hall–Kier alpha value is -2.15. The van der Waals surface area contributed by atoms with Gasteiger partial charge in [0.2, 0.25) is 5.91 Å². The van der Waals surface area contributed by atoms with E-state index >= 15 is 0 Å². The lowest BCUT2D eigenvalue weighted by Gasteiger charge is -2.34. The average Bonchev–Trinajstić information content (AvgIpc) is 3.08. The summed E-state index contributed by atoms with van der Waals surface area (Å²) in [5.41, 5.74) is 2.89. The summed E-state index contributed by atoms with van der Waals surface area (Å²) in [7, 11) is 0. The first-order valence-electron chi connectivity index (χ1n) is 9.64. The summed E-state index contributed by atoms with van der Waals surface area (Å²) >= 11 is 1.67. The highest BCUT2D eigenvalue weighted by molar-refractivity contribution is 7.07. The number of nitrogens with zero attached hydrogens (tertiary/aromatic N) is 3. The average molecular weight is 387 g/mol. The Labute approximate surface area is 163 Å². The van der Waals surface area contributed by atoms with Crippen LogP contribution in [-0.2, 0) is 17.8 Å². The lowest BCUT2D eigenvalue weighted by Crippen LogP contribution is -2.42. The van der Waals surface area contributed by atoms with E-state index in [0.29, 0.717) is 18.3 Å². The summed E-state index contributed by atoms with van der Waals surface area (Å²) in [6.07, 6.45) is 3.82. The third-order valence-electron chi connectivity index (χ3n) is 6.14. The minimum Gasteiger partial charge on any atom is -0.337 e. The molecule has 0 radical (unpaired) electrons. The van der Waals surface area contributed by atoms with Crippen molar-refractivity contribution >= 4 is 23.2 Å². The van der Waals surface area contributed by atoms with Crippen molar-refractivity contribution in [2.75, 3.05) is 13.1 Å². The van der Waals surface area contributed by atoms with Gasteiger partial charge in [-0.05, 0) is 59.6 Å². The van der Waals surface area contributed by atoms with E-state index in [1.54, 1.807) is 18.3 Å². The van der Waals surface area contributed by atoms with Gasteiger partial charge in [-0.1, -0.05) is 6.92 Å². The second-order valence-electron chi connectivity index (χ2n) is 7.78. The summed E-state index contributed by atoms with van der Waals surface area (Å²) in [6, 6.07) is 4.25. The Balaban J connectivity index is 1.37. The number of piperidine rings is 1. The SMILES string of the molecule is CCc1cc(C(=O)N2CCC3(CC2)C[C@H]3N(Cc2ccsc2)C(C)=O)n[nH]1. The molecule has 1 atom stereocenters. The number of hydrogen-bond acceptors (Lipinski definition) is 4. The molecule has 1 spiro atoms. The first-order valence-corrected chi connectivity index (χ1v) is 10.6. The van der Waals surface area contributed by atoms with Gasteiger partial charge in [0.05, 0.1) is 0 Å². The molecule has 6 nitrogen and oxygen atoms in total. The summed E-state index contributed by atoms with van der Waals surface area (Å²) < 4.78 is 0. The molecule has 1 saturated carbocycles. The number of aryl methyl sites for hydroxylation is 1. The maximum Gasteiger partial charge on any atom is 0.274 e. The van der Waals surface area contributed by atoms with Crippen LogP contribution in [0.3, 0.4) is 0 Å². The molecular weight excluding hydrogens is 360 g/mol. The second-order valence-corrected chi connectivity index (χ2v) is 8.57. The van der Waals surface area contributed by atoms with Crippen LogP contribution in [-0.4, -0.2) is 50.9 Å². The van der Waals surface area contributed by atoms with E-state index < -0.39 is 0 Å². The predicted molar refractivity (Wildman–Crippen MR) is 104 cm³/mol. The highest BCUT2D eigenvalue weighted by Crippen LogP contribution is 2.57. The summed E-state index contributed by atoms with van der Waals surface area (Å²) in [4.78, 5) is 28.8. The number of hydrogen-bond donors (Lipinski definition) is 1. The van der Waals surface area contributed by atoms with Crippen LogP contribution in [0.2, 0.25) is 0 Å². The van der Waals surface area contributed by atoms with E-state index in [9.17, 15) is 9.59 Å². The maximum absolute atomic E-state index is 12.7. The van der Waals surface area contributed by atoms with E-state index in [4.69, 9.17) is 0 Å². The minimum absolute atomic E-state index is 0.0136. The number of rotatable bonds is 5. The first-order chi connectivity index (χ1) is 13.0. The van der Waals surface area contributed by atoms with Gasteiger partial charge in [-0.2, -0.15) is 16.4 Å². The molecule has 2 fully saturated rings. The number of carbonyl (C=O) groups is 2. The fourth-order valence-electron chi connectivity index (χ4n) is 4.29. The van der Waals surface area contributed by atoms with Crippen LogP contribution in [0.4, 0.5) is 0 Å². The van der Waals surface area contributed by atoms with Crippen LogP contribution >= 0.6 is 11.3 Å². The molecule has 2 aliphatic rings. The second kappa shape index (κ2) is 7.11. The highest BCUT2D eigenvalue weighted by atomic mass is 32.1. The van der Waals surface area contributed by atoms with Gasteiger partial charge in [-0.3, -0.25) is 14.7 Å². The number of likely N-dealkylation sites (tertiary alicyclic amines) is 1. The normalized spacial score (nSPS) is 20.7. The summed E-state index contributed by atoms with van der Waals surface area (Å²) in [5.74, 6) is 0.157. The highest BCUT2D eigenvalue weighted by Gasteiger charge is 2.58. The Kier molecular flexibility index (Phi) is 4.80. The van der Waals surface area contributed by atoms with Crippen molar-refractivity contribution in [3.05, 3.63) is 39.8 Å². The van der Waals surface area contributed by atoms with Crippen LogP contribution in [0.15, 0.2) is 22.9 Å². The molecule has 1 N–H and O–H groups in total. The molecule has 144 valence electrons. The van der Waals surface area contributed by atoms with Crippen molar-refractivity contribution in [1.29, 1.82) is 0 Å². The monoisotopic (exact) mass is 386 g/mol.